The molecule has 0 N–H and O–H groups in total. The third-order valence-electron chi connectivity index (χ3n) is 2.07. The Hall–Kier alpha value is -2.03. The Morgan fingerprint density at radius 2 is 1.50 bits per heavy atom. The Kier molecular flexibility index (Phi) is 3.05. The predicted octanol–water partition coefficient (Wildman–Crippen LogP) is 3.63. The molecule has 0 aromatic heterocycles. The number of rotatable bonds is 3. The lowest BCUT2D eigenvalue weighted by Gasteiger charge is -2.06. The number of methoxy groups -OCH3 is 1. The molecule has 0 saturated carbocycles. The first kappa shape index (κ1) is 10.5. The summed E-state index contributed by atoms with van der Waals surface area (Å²) in [4.78, 5) is 0. The molecule has 2 aromatic rings. The van der Waals surface area contributed by atoms with Gasteiger partial charge in [0.05, 0.1) is 7.11 Å². The van der Waals surface area contributed by atoms with Crippen LogP contribution in [-0.2, 0) is 0 Å². The van der Waals surface area contributed by atoms with Crippen LogP contribution in [0.25, 0.3) is 0 Å². The van der Waals surface area contributed by atoms with Crippen molar-refractivity contribution in [3.05, 3.63) is 54.3 Å². The van der Waals surface area contributed by atoms with Crippen molar-refractivity contribution < 1.29 is 13.9 Å². The molecular formula is C13H11FO2. The van der Waals surface area contributed by atoms with Crippen molar-refractivity contribution >= 4 is 0 Å². The summed E-state index contributed by atoms with van der Waals surface area (Å²) in [5.74, 6) is 1.47. The maximum Gasteiger partial charge on any atom is 0.131 e. The van der Waals surface area contributed by atoms with Crippen molar-refractivity contribution in [2.75, 3.05) is 7.11 Å². The van der Waals surface area contributed by atoms with Gasteiger partial charge in [-0.15, -0.1) is 0 Å². The van der Waals surface area contributed by atoms with Crippen molar-refractivity contribution in [3.63, 3.8) is 0 Å². The summed E-state index contributed by atoms with van der Waals surface area (Å²) in [5, 5.41) is 0. The minimum Gasteiger partial charge on any atom is -0.497 e. The topological polar surface area (TPSA) is 18.5 Å². The molecule has 0 fully saturated rings. The van der Waals surface area contributed by atoms with E-state index in [9.17, 15) is 4.39 Å². The van der Waals surface area contributed by atoms with Gasteiger partial charge in [-0.25, -0.2) is 4.39 Å². The first-order valence-electron chi connectivity index (χ1n) is 4.85. The van der Waals surface area contributed by atoms with Gasteiger partial charge in [0.1, 0.15) is 23.1 Å². The summed E-state index contributed by atoms with van der Waals surface area (Å²) in [6, 6.07) is 13.2. The highest BCUT2D eigenvalue weighted by atomic mass is 19.1. The molecule has 0 heterocycles. The normalized spacial score (nSPS) is 9.88. The Balaban J connectivity index is 2.20. The van der Waals surface area contributed by atoms with E-state index >= 15 is 0 Å². The molecule has 0 aliphatic heterocycles. The van der Waals surface area contributed by atoms with Crippen molar-refractivity contribution in [2.24, 2.45) is 0 Å². The molecule has 0 radical (unpaired) electrons. The second-order valence-corrected chi connectivity index (χ2v) is 3.24. The standard InChI is InChI=1S/C13H11FO2/c1-15-11-5-3-7-13(9-11)16-12-6-2-4-10(14)8-12/h2-9H,1H3. The first-order chi connectivity index (χ1) is 7.78. The average molecular weight is 218 g/mol. The second kappa shape index (κ2) is 4.66. The van der Waals surface area contributed by atoms with E-state index < -0.39 is 0 Å². The van der Waals surface area contributed by atoms with Crippen molar-refractivity contribution in [1.29, 1.82) is 0 Å². The van der Waals surface area contributed by atoms with Gasteiger partial charge in [0.25, 0.3) is 0 Å². The third-order valence-corrected chi connectivity index (χ3v) is 2.07. The largest absolute Gasteiger partial charge is 0.497 e. The van der Waals surface area contributed by atoms with Crippen LogP contribution in [0.15, 0.2) is 48.5 Å². The van der Waals surface area contributed by atoms with E-state index in [0.717, 1.165) is 0 Å². The lowest BCUT2D eigenvalue weighted by molar-refractivity contribution is 0.409. The molecule has 2 nitrogen and oxygen atoms in total. The first-order valence-corrected chi connectivity index (χ1v) is 4.85. The Labute approximate surface area is 93.2 Å². The Morgan fingerprint density at radius 1 is 0.875 bits per heavy atom. The summed E-state index contributed by atoms with van der Waals surface area (Å²) in [7, 11) is 1.58. The minimum absolute atomic E-state index is 0.319. The minimum atomic E-state index is -0.319. The van der Waals surface area contributed by atoms with Crippen LogP contribution in [0.5, 0.6) is 17.2 Å². The highest BCUT2D eigenvalue weighted by Crippen LogP contribution is 2.25. The van der Waals surface area contributed by atoms with Crippen molar-refractivity contribution in [2.45, 2.75) is 0 Å². The maximum atomic E-state index is 12.9. The molecule has 16 heavy (non-hydrogen) atoms. The van der Waals surface area contributed by atoms with Gasteiger partial charge in [-0.3, -0.25) is 0 Å². The van der Waals surface area contributed by atoms with Crippen LogP contribution in [0.4, 0.5) is 4.39 Å². The monoisotopic (exact) mass is 218 g/mol. The quantitative estimate of drug-likeness (QED) is 0.783. The smallest absolute Gasteiger partial charge is 0.131 e. The van der Waals surface area contributed by atoms with Crippen LogP contribution >= 0.6 is 0 Å². The lowest BCUT2D eigenvalue weighted by atomic mass is 10.3. The SMILES string of the molecule is COc1cccc(Oc2cccc(F)c2)c1. The van der Waals surface area contributed by atoms with Gasteiger partial charge in [0.2, 0.25) is 0 Å². The van der Waals surface area contributed by atoms with Crippen molar-refractivity contribution in [3.8, 4) is 17.2 Å². The van der Waals surface area contributed by atoms with Gasteiger partial charge in [0.15, 0.2) is 0 Å². The predicted molar refractivity (Wildman–Crippen MR) is 59.5 cm³/mol. The van der Waals surface area contributed by atoms with Gasteiger partial charge in [0, 0.05) is 12.1 Å². The molecule has 0 aliphatic rings. The van der Waals surface area contributed by atoms with Crippen LogP contribution in [0.3, 0.4) is 0 Å². The van der Waals surface area contributed by atoms with E-state index in [2.05, 4.69) is 0 Å². The zero-order valence-electron chi connectivity index (χ0n) is 8.81. The zero-order valence-corrected chi connectivity index (χ0v) is 8.81. The number of hydrogen-bond acceptors (Lipinski definition) is 2. The molecule has 0 unspecified atom stereocenters. The van der Waals surface area contributed by atoms with Gasteiger partial charge in [-0.05, 0) is 24.3 Å². The second-order valence-electron chi connectivity index (χ2n) is 3.24. The van der Waals surface area contributed by atoms with Gasteiger partial charge < -0.3 is 9.47 Å². The van der Waals surface area contributed by atoms with Gasteiger partial charge >= 0.3 is 0 Å². The van der Waals surface area contributed by atoms with Crippen LogP contribution in [-0.4, -0.2) is 7.11 Å². The molecular weight excluding hydrogens is 207 g/mol. The molecule has 0 atom stereocenters. The Morgan fingerprint density at radius 3 is 2.19 bits per heavy atom. The van der Waals surface area contributed by atoms with E-state index in [0.29, 0.717) is 17.2 Å². The maximum absolute atomic E-state index is 12.9. The van der Waals surface area contributed by atoms with E-state index in [1.807, 2.05) is 12.1 Å². The Bertz CT molecular complexity index is 483. The van der Waals surface area contributed by atoms with Crippen LogP contribution in [0.1, 0.15) is 0 Å². The van der Waals surface area contributed by atoms with Gasteiger partial charge in [-0.1, -0.05) is 12.1 Å². The average Bonchev–Trinajstić information content (AvgIpc) is 2.29. The third kappa shape index (κ3) is 2.51. The molecule has 0 aliphatic carbocycles. The van der Waals surface area contributed by atoms with Crippen LogP contribution in [0, 0.1) is 5.82 Å². The number of halogens is 1. The fraction of sp³-hybridized carbons (Fsp3) is 0.0769. The summed E-state index contributed by atoms with van der Waals surface area (Å²) in [6.07, 6.45) is 0. The molecule has 0 saturated heterocycles. The van der Waals surface area contributed by atoms with E-state index in [1.165, 1.54) is 12.1 Å². The van der Waals surface area contributed by atoms with E-state index in [4.69, 9.17) is 9.47 Å². The molecule has 0 bridgehead atoms. The van der Waals surface area contributed by atoms with Crippen LogP contribution in [0.2, 0.25) is 0 Å². The fourth-order valence-electron chi connectivity index (χ4n) is 1.33. The number of hydrogen-bond donors (Lipinski definition) is 0. The van der Waals surface area contributed by atoms with Crippen molar-refractivity contribution in [1.82, 2.24) is 0 Å². The molecule has 0 spiro atoms. The summed E-state index contributed by atoms with van der Waals surface area (Å²) in [6.45, 7) is 0. The highest BCUT2D eigenvalue weighted by Gasteiger charge is 2.00. The molecule has 3 heteroatoms. The molecule has 2 rings (SSSR count). The fourth-order valence-corrected chi connectivity index (χ4v) is 1.33. The number of ether oxygens (including phenoxy) is 2. The van der Waals surface area contributed by atoms with E-state index in [-0.39, 0.29) is 5.82 Å². The summed E-state index contributed by atoms with van der Waals surface area (Å²) in [5.41, 5.74) is 0. The van der Waals surface area contributed by atoms with Crippen LogP contribution < -0.4 is 9.47 Å². The summed E-state index contributed by atoms with van der Waals surface area (Å²) < 4.78 is 23.5. The number of benzene rings is 2. The lowest BCUT2D eigenvalue weighted by Crippen LogP contribution is -1.87. The van der Waals surface area contributed by atoms with Gasteiger partial charge in [-0.2, -0.15) is 0 Å². The molecule has 82 valence electrons. The molecule has 2 aromatic carbocycles. The van der Waals surface area contributed by atoms with E-state index in [1.54, 1.807) is 31.4 Å². The highest BCUT2D eigenvalue weighted by molar-refractivity contribution is 5.36. The zero-order chi connectivity index (χ0) is 11.4. The summed E-state index contributed by atoms with van der Waals surface area (Å²) >= 11 is 0. The molecule has 0 amide bonds.